The monoisotopic (exact) mass is 172 g/mol. The predicted molar refractivity (Wildman–Crippen MR) is 46.3 cm³/mol. The summed E-state index contributed by atoms with van der Waals surface area (Å²) in [5.74, 6) is -0.354. The minimum Gasteiger partial charge on any atom is -0.368 e. The van der Waals surface area contributed by atoms with Crippen molar-refractivity contribution in [1.82, 2.24) is 5.32 Å². The van der Waals surface area contributed by atoms with E-state index in [0.717, 1.165) is 0 Å². The minimum absolute atomic E-state index is 0.223. The van der Waals surface area contributed by atoms with Gasteiger partial charge in [0.05, 0.1) is 0 Å². The molecule has 4 nitrogen and oxygen atoms in total. The lowest BCUT2D eigenvalue weighted by Gasteiger charge is -2.15. The van der Waals surface area contributed by atoms with Gasteiger partial charge in [-0.1, -0.05) is 13.8 Å². The third-order valence-electron chi connectivity index (χ3n) is 1.43. The standard InChI is InChI=1S/C8H16N2O2/c1-5(2)4-7(8(9)12)10-6(3)11/h5,7H,4H2,1-3H3,(H2,9,12)(H,10,11)/t7-/m1/s1. The Labute approximate surface area is 72.5 Å². The molecule has 0 saturated carbocycles. The van der Waals surface area contributed by atoms with Crippen molar-refractivity contribution in [2.45, 2.75) is 33.2 Å². The molecular formula is C8H16N2O2. The number of rotatable bonds is 4. The van der Waals surface area contributed by atoms with Crippen molar-refractivity contribution in [1.29, 1.82) is 0 Å². The highest BCUT2D eigenvalue weighted by atomic mass is 16.2. The van der Waals surface area contributed by atoms with Crippen LogP contribution in [0.2, 0.25) is 0 Å². The van der Waals surface area contributed by atoms with E-state index in [2.05, 4.69) is 5.32 Å². The molecule has 0 unspecified atom stereocenters. The zero-order valence-electron chi connectivity index (χ0n) is 7.76. The third-order valence-corrected chi connectivity index (χ3v) is 1.43. The molecule has 0 saturated heterocycles. The van der Waals surface area contributed by atoms with Crippen LogP contribution in [-0.2, 0) is 9.59 Å². The van der Waals surface area contributed by atoms with Crippen LogP contribution in [0.15, 0.2) is 0 Å². The van der Waals surface area contributed by atoms with Gasteiger partial charge in [0, 0.05) is 6.92 Å². The van der Waals surface area contributed by atoms with Crippen LogP contribution in [-0.4, -0.2) is 17.9 Å². The molecule has 0 aromatic heterocycles. The summed E-state index contributed by atoms with van der Waals surface area (Å²) in [5, 5.41) is 2.50. The smallest absolute Gasteiger partial charge is 0.240 e. The normalized spacial score (nSPS) is 12.7. The second-order valence-corrected chi connectivity index (χ2v) is 3.29. The van der Waals surface area contributed by atoms with Crippen LogP contribution < -0.4 is 11.1 Å². The van der Waals surface area contributed by atoms with E-state index in [0.29, 0.717) is 12.3 Å². The SMILES string of the molecule is CC(=O)N[C@H](CC(C)C)C(N)=O. The third kappa shape index (κ3) is 4.71. The van der Waals surface area contributed by atoms with Crippen molar-refractivity contribution < 1.29 is 9.59 Å². The van der Waals surface area contributed by atoms with Gasteiger partial charge < -0.3 is 11.1 Å². The molecule has 0 rings (SSSR count). The Morgan fingerprint density at radius 2 is 1.92 bits per heavy atom. The molecule has 1 atom stereocenters. The van der Waals surface area contributed by atoms with E-state index < -0.39 is 11.9 Å². The maximum Gasteiger partial charge on any atom is 0.240 e. The largest absolute Gasteiger partial charge is 0.368 e. The van der Waals surface area contributed by atoms with Gasteiger partial charge in [-0.25, -0.2) is 0 Å². The zero-order valence-corrected chi connectivity index (χ0v) is 7.76. The average molecular weight is 172 g/mol. The first-order valence-corrected chi connectivity index (χ1v) is 4.00. The summed E-state index contributed by atoms with van der Waals surface area (Å²) < 4.78 is 0. The van der Waals surface area contributed by atoms with Crippen LogP contribution in [0.4, 0.5) is 0 Å². The lowest BCUT2D eigenvalue weighted by atomic mass is 10.0. The molecule has 2 amide bonds. The number of hydrogen-bond acceptors (Lipinski definition) is 2. The Balaban J connectivity index is 4.04. The molecule has 70 valence electrons. The van der Waals surface area contributed by atoms with E-state index in [4.69, 9.17) is 5.73 Å². The topological polar surface area (TPSA) is 72.2 Å². The number of nitrogens with two attached hydrogens (primary N) is 1. The van der Waals surface area contributed by atoms with Gasteiger partial charge in [0.25, 0.3) is 0 Å². The van der Waals surface area contributed by atoms with Gasteiger partial charge in [-0.3, -0.25) is 9.59 Å². The summed E-state index contributed by atoms with van der Waals surface area (Å²) in [7, 11) is 0. The fourth-order valence-corrected chi connectivity index (χ4v) is 0.963. The van der Waals surface area contributed by atoms with Crippen molar-refractivity contribution in [3.8, 4) is 0 Å². The Kier molecular flexibility index (Phi) is 4.33. The first-order valence-electron chi connectivity index (χ1n) is 4.00. The molecule has 3 N–H and O–H groups in total. The van der Waals surface area contributed by atoms with Crippen LogP contribution >= 0.6 is 0 Å². The maximum absolute atomic E-state index is 10.8. The van der Waals surface area contributed by atoms with Crippen LogP contribution in [0.5, 0.6) is 0 Å². The average Bonchev–Trinajstić information content (AvgIpc) is 1.83. The summed E-state index contributed by atoms with van der Waals surface area (Å²) >= 11 is 0. The van der Waals surface area contributed by atoms with Crippen molar-refractivity contribution in [2.75, 3.05) is 0 Å². The second kappa shape index (κ2) is 4.74. The molecule has 0 spiro atoms. The van der Waals surface area contributed by atoms with Gasteiger partial charge in [-0.15, -0.1) is 0 Å². The lowest BCUT2D eigenvalue weighted by molar-refractivity contribution is -0.126. The summed E-state index contributed by atoms with van der Waals surface area (Å²) in [6, 6.07) is -0.525. The van der Waals surface area contributed by atoms with E-state index in [9.17, 15) is 9.59 Å². The highest BCUT2D eigenvalue weighted by molar-refractivity contribution is 5.85. The molecule has 0 bridgehead atoms. The van der Waals surface area contributed by atoms with Gasteiger partial charge in [-0.05, 0) is 12.3 Å². The van der Waals surface area contributed by atoms with Crippen molar-refractivity contribution in [3.63, 3.8) is 0 Å². The van der Waals surface area contributed by atoms with Crippen LogP contribution in [0.25, 0.3) is 0 Å². The van der Waals surface area contributed by atoms with E-state index in [-0.39, 0.29) is 5.91 Å². The molecule has 0 aliphatic heterocycles. The van der Waals surface area contributed by atoms with E-state index >= 15 is 0 Å². The van der Waals surface area contributed by atoms with E-state index in [1.54, 1.807) is 0 Å². The molecule has 0 fully saturated rings. The summed E-state index contributed by atoms with van der Waals surface area (Å²) in [6.45, 7) is 5.31. The molecule has 0 aliphatic rings. The van der Waals surface area contributed by atoms with Crippen LogP contribution in [0, 0.1) is 5.92 Å². The number of carbonyl (C=O) groups is 2. The summed E-state index contributed by atoms with van der Waals surface area (Å²) in [6.07, 6.45) is 0.592. The van der Waals surface area contributed by atoms with Gasteiger partial charge in [0.2, 0.25) is 11.8 Å². The quantitative estimate of drug-likeness (QED) is 0.627. The fraction of sp³-hybridized carbons (Fsp3) is 0.750. The van der Waals surface area contributed by atoms with E-state index in [1.165, 1.54) is 6.92 Å². The fourth-order valence-electron chi connectivity index (χ4n) is 0.963. The maximum atomic E-state index is 10.8. The molecule has 0 radical (unpaired) electrons. The molecule has 0 aliphatic carbocycles. The number of nitrogens with one attached hydrogen (secondary N) is 1. The van der Waals surface area contributed by atoms with Gasteiger partial charge in [-0.2, -0.15) is 0 Å². The van der Waals surface area contributed by atoms with Crippen LogP contribution in [0.3, 0.4) is 0 Å². The minimum atomic E-state index is -0.525. The first-order chi connectivity index (χ1) is 5.43. The molecule has 12 heavy (non-hydrogen) atoms. The molecule has 0 aromatic rings. The molecule has 0 aromatic carbocycles. The lowest BCUT2D eigenvalue weighted by Crippen LogP contribution is -2.44. The van der Waals surface area contributed by atoms with Gasteiger partial charge in [0.15, 0.2) is 0 Å². The zero-order chi connectivity index (χ0) is 9.72. The highest BCUT2D eigenvalue weighted by Crippen LogP contribution is 2.03. The molecular weight excluding hydrogens is 156 g/mol. The molecule has 4 heteroatoms. The molecule has 0 heterocycles. The van der Waals surface area contributed by atoms with E-state index in [1.807, 2.05) is 13.8 Å². The van der Waals surface area contributed by atoms with Crippen LogP contribution in [0.1, 0.15) is 27.2 Å². The van der Waals surface area contributed by atoms with Crippen molar-refractivity contribution in [2.24, 2.45) is 11.7 Å². The Hall–Kier alpha value is -1.06. The first kappa shape index (κ1) is 10.9. The Morgan fingerprint density at radius 1 is 1.42 bits per heavy atom. The summed E-state index contributed by atoms with van der Waals surface area (Å²) in [5.41, 5.74) is 5.08. The van der Waals surface area contributed by atoms with Gasteiger partial charge >= 0.3 is 0 Å². The second-order valence-electron chi connectivity index (χ2n) is 3.29. The van der Waals surface area contributed by atoms with Gasteiger partial charge in [0.1, 0.15) is 6.04 Å². The number of primary amides is 1. The van der Waals surface area contributed by atoms with Crippen molar-refractivity contribution in [3.05, 3.63) is 0 Å². The highest BCUT2D eigenvalue weighted by Gasteiger charge is 2.16. The number of hydrogen-bond donors (Lipinski definition) is 2. The van der Waals surface area contributed by atoms with Crippen molar-refractivity contribution >= 4 is 11.8 Å². The summed E-state index contributed by atoms with van der Waals surface area (Å²) in [4.78, 5) is 21.4. The predicted octanol–water partition coefficient (Wildman–Crippen LogP) is 0.0225. The number of carbonyl (C=O) groups excluding carboxylic acids is 2. The Morgan fingerprint density at radius 3 is 2.17 bits per heavy atom. The Bertz CT molecular complexity index is 178. The number of amides is 2.